The minimum atomic E-state index is -0.0640. The Morgan fingerprint density at radius 3 is 2.45 bits per heavy atom. The van der Waals surface area contributed by atoms with Crippen LogP contribution in [0.5, 0.6) is 11.5 Å². The minimum absolute atomic E-state index is 0.0586. The van der Waals surface area contributed by atoms with Gasteiger partial charge in [0.1, 0.15) is 11.5 Å². The summed E-state index contributed by atoms with van der Waals surface area (Å²) in [4.78, 5) is 19.7. The summed E-state index contributed by atoms with van der Waals surface area (Å²) in [7, 11) is 3.19. The topological polar surface area (TPSA) is 86.1 Å². The largest absolute Gasteiger partial charge is 0.497 e. The van der Waals surface area contributed by atoms with Gasteiger partial charge in [-0.15, -0.1) is 0 Å². The maximum absolute atomic E-state index is 13.3. The molecule has 0 aliphatic carbocycles. The number of aromatic nitrogens is 2. The summed E-state index contributed by atoms with van der Waals surface area (Å²) in [5, 5.41) is 10.2. The third-order valence-corrected chi connectivity index (χ3v) is 5.63. The first-order chi connectivity index (χ1) is 15.1. The fraction of sp³-hybridized carbons (Fsp3) is 0.391. The Hall–Kier alpha value is -3.10. The zero-order valence-corrected chi connectivity index (χ0v) is 17.8. The summed E-state index contributed by atoms with van der Waals surface area (Å²) in [5.41, 5.74) is 2.15. The van der Waals surface area contributed by atoms with E-state index in [-0.39, 0.29) is 18.2 Å². The molecule has 1 aliphatic rings. The third-order valence-electron chi connectivity index (χ3n) is 5.63. The highest BCUT2D eigenvalue weighted by atomic mass is 16.5. The van der Waals surface area contributed by atoms with Crippen molar-refractivity contribution in [1.29, 1.82) is 0 Å². The summed E-state index contributed by atoms with van der Waals surface area (Å²) >= 11 is 0. The second kappa shape index (κ2) is 9.36. The van der Waals surface area contributed by atoms with Crippen LogP contribution >= 0.6 is 0 Å². The van der Waals surface area contributed by atoms with Crippen molar-refractivity contribution in [2.24, 2.45) is 0 Å². The fourth-order valence-corrected chi connectivity index (χ4v) is 3.97. The number of nitrogens with zero attached hydrogens (tertiary/aromatic N) is 3. The molecule has 0 atom stereocenters. The first kappa shape index (κ1) is 21.1. The van der Waals surface area contributed by atoms with Crippen molar-refractivity contribution in [1.82, 2.24) is 9.55 Å². The van der Waals surface area contributed by atoms with E-state index in [4.69, 9.17) is 14.2 Å². The molecule has 8 heteroatoms. The first-order valence-electron chi connectivity index (χ1n) is 10.3. The van der Waals surface area contributed by atoms with Gasteiger partial charge in [0.2, 0.25) is 0 Å². The smallest absolute Gasteiger partial charge is 0.261 e. The van der Waals surface area contributed by atoms with E-state index in [1.807, 2.05) is 35.2 Å². The van der Waals surface area contributed by atoms with E-state index in [9.17, 15) is 9.90 Å². The predicted molar refractivity (Wildman–Crippen MR) is 119 cm³/mol. The van der Waals surface area contributed by atoms with Crippen LogP contribution in [-0.4, -0.2) is 55.2 Å². The molecule has 31 heavy (non-hydrogen) atoms. The summed E-state index contributed by atoms with van der Waals surface area (Å²) in [6, 6.07) is 11.2. The van der Waals surface area contributed by atoms with Crippen molar-refractivity contribution in [3.8, 4) is 11.5 Å². The molecule has 164 valence electrons. The van der Waals surface area contributed by atoms with E-state index < -0.39 is 0 Å². The lowest BCUT2D eigenvalue weighted by atomic mass is 10.1. The van der Waals surface area contributed by atoms with E-state index >= 15 is 0 Å². The molecular weight excluding hydrogens is 398 g/mol. The van der Waals surface area contributed by atoms with Crippen molar-refractivity contribution >= 4 is 22.3 Å². The molecule has 1 aromatic heterocycles. The maximum Gasteiger partial charge on any atom is 0.261 e. The van der Waals surface area contributed by atoms with Gasteiger partial charge in [-0.3, -0.25) is 9.36 Å². The number of hydrogen-bond acceptors (Lipinski definition) is 7. The van der Waals surface area contributed by atoms with Crippen molar-refractivity contribution in [3.05, 3.63) is 53.1 Å². The molecule has 0 radical (unpaired) electrons. The lowest BCUT2D eigenvalue weighted by molar-refractivity contribution is 0.0685. The zero-order valence-electron chi connectivity index (χ0n) is 17.8. The lowest BCUT2D eigenvalue weighted by Gasteiger charge is -2.26. The Bertz CT molecular complexity index is 1090. The highest BCUT2D eigenvalue weighted by Crippen LogP contribution is 2.33. The van der Waals surface area contributed by atoms with E-state index in [1.54, 1.807) is 31.2 Å². The number of benzene rings is 2. The minimum Gasteiger partial charge on any atom is -0.497 e. The van der Waals surface area contributed by atoms with Crippen LogP contribution in [0.15, 0.2) is 47.5 Å². The molecular formula is C23H27N3O5. The molecule has 0 amide bonds. The van der Waals surface area contributed by atoms with Crippen LogP contribution < -0.4 is 19.9 Å². The second-order valence-corrected chi connectivity index (χ2v) is 7.45. The molecule has 0 unspecified atom stereocenters. The number of rotatable bonds is 7. The van der Waals surface area contributed by atoms with Gasteiger partial charge < -0.3 is 24.2 Å². The first-order valence-corrected chi connectivity index (χ1v) is 10.3. The van der Waals surface area contributed by atoms with Crippen LogP contribution in [0.3, 0.4) is 0 Å². The van der Waals surface area contributed by atoms with E-state index in [1.165, 1.54) is 0 Å². The Morgan fingerprint density at radius 1 is 1.10 bits per heavy atom. The Labute approximate surface area is 180 Å². The Balaban J connectivity index is 1.79. The molecule has 1 aliphatic heterocycles. The monoisotopic (exact) mass is 425 g/mol. The Kier molecular flexibility index (Phi) is 6.39. The van der Waals surface area contributed by atoms with Gasteiger partial charge in [0.25, 0.3) is 5.56 Å². The standard InChI is InChI=1S/C23H27N3O5/c1-29-19-11-18(12-20(14-19)30-2)25(7-8-27)17-3-4-22-21(13-17)23(28)26(15-24-22)16-5-9-31-10-6-16/h3-4,11-16,27H,5-10H2,1-2H3. The van der Waals surface area contributed by atoms with Crippen LogP contribution in [0.1, 0.15) is 18.9 Å². The average Bonchev–Trinajstić information content (AvgIpc) is 2.83. The van der Waals surface area contributed by atoms with Gasteiger partial charge in [0.15, 0.2) is 0 Å². The molecule has 1 saturated heterocycles. The number of ether oxygens (including phenoxy) is 3. The number of hydrogen-bond donors (Lipinski definition) is 1. The molecule has 4 rings (SSSR count). The van der Waals surface area contributed by atoms with Crippen LogP contribution in [0.4, 0.5) is 11.4 Å². The number of aliphatic hydroxyl groups excluding tert-OH is 1. The molecule has 3 aromatic rings. The van der Waals surface area contributed by atoms with Crippen molar-refractivity contribution in [2.45, 2.75) is 18.9 Å². The molecule has 0 saturated carbocycles. The quantitative estimate of drug-likeness (QED) is 0.623. The number of methoxy groups -OCH3 is 2. The molecule has 8 nitrogen and oxygen atoms in total. The fourth-order valence-electron chi connectivity index (χ4n) is 3.97. The van der Waals surface area contributed by atoms with Gasteiger partial charge in [-0.2, -0.15) is 0 Å². The maximum atomic E-state index is 13.3. The van der Waals surface area contributed by atoms with E-state index in [2.05, 4.69) is 4.98 Å². The molecule has 0 spiro atoms. The Morgan fingerprint density at radius 2 is 1.81 bits per heavy atom. The number of aliphatic hydroxyl groups is 1. The van der Waals surface area contributed by atoms with Crippen molar-refractivity contribution < 1.29 is 19.3 Å². The van der Waals surface area contributed by atoms with Crippen LogP contribution in [0.25, 0.3) is 10.9 Å². The van der Waals surface area contributed by atoms with Crippen LogP contribution in [0.2, 0.25) is 0 Å². The van der Waals surface area contributed by atoms with Gasteiger partial charge in [0.05, 0.1) is 38.1 Å². The summed E-state index contributed by atoms with van der Waals surface area (Å²) in [6.07, 6.45) is 3.23. The molecule has 2 heterocycles. The normalized spacial score (nSPS) is 14.5. The highest BCUT2D eigenvalue weighted by Gasteiger charge is 2.19. The molecule has 1 N–H and O–H groups in total. The summed E-state index contributed by atoms with van der Waals surface area (Å²) in [6.45, 7) is 1.58. The van der Waals surface area contributed by atoms with Crippen LogP contribution in [0, 0.1) is 0 Å². The van der Waals surface area contributed by atoms with E-state index in [0.29, 0.717) is 42.2 Å². The predicted octanol–water partition coefficient (Wildman–Crippen LogP) is 2.90. The SMILES string of the molecule is COc1cc(OC)cc(N(CCO)c2ccc3ncn(C4CCOCC4)c(=O)c3c2)c1. The number of anilines is 2. The van der Waals surface area contributed by atoms with Crippen molar-refractivity contribution in [2.75, 3.05) is 45.5 Å². The highest BCUT2D eigenvalue weighted by molar-refractivity contribution is 5.83. The van der Waals surface area contributed by atoms with Gasteiger partial charge >= 0.3 is 0 Å². The number of fused-ring (bicyclic) bond motifs is 1. The zero-order chi connectivity index (χ0) is 21.8. The van der Waals surface area contributed by atoms with E-state index in [0.717, 1.165) is 24.2 Å². The van der Waals surface area contributed by atoms with Crippen LogP contribution in [-0.2, 0) is 4.74 Å². The van der Waals surface area contributed by atoms with Crippen molar-refractivity contribution in [3.63, 3.8) is 0 Å². The molecule has 2 aromatic carbocycles. The summed E-state index contributed by atoms with van der Waals surface area (Å²) < 4.78 is 17.9. The lowest BCUT2D eigenvalue weighted by Crippen LogP contribution is -2.29. The second-order valence-electron chi connectivity index (χ2n) is 7.45. The van der Waals surface area contributed by atoms with Gasteiger partial charge in [-0.25, -0.2) is 4.98 Å². The molecule has 0 bridgehead atoms. The van der Waals surface area contributed by atoms with Gasteiger partial charge in [-0.05, 0) is 31.0 Å². The average molecular weight is 425 g/mol. The third kappa shape index (κ3) is 4.35. The van der Waals surface area contributed by atoms with Gasteiger partial charge in [0, 0.05) is 55.4 Å². The van der Waals surface area contributed by atoms with Gasteiger partial charge in [-0.1, -0.05) is 0 Å². The summed E-state index contributed by atoms with van der Waals surface area (Å²) in [5.74, 6) is 1.28. The molecule has 1 fully saturated rings.